The van der Waals surface area contributed by atoms with Gasteiger partial charge in [0, 0.05) is 12.4 Å². The van der Waals surface area contributed by atoms with Crippen LogP contribution in [0.5, 0.6) is 0 Å². The molecule has 0 radical (unpaired) electrons. The Kier molecular flexibility index (Phi) is 5.95. The fourth-order valence-corrected chi connectivity index (χ4v) is 4.22. The number of alkyl halides is 3. The predicted octanol–water partition coefficient (Wildman–Crippen LogP) is 5.67. The molecule has 1 aromatic heterocycles. The number of aryl methyl sites for hydroxylation is 2. The molecule has 7 heteroatoms. The average molecular weight is 441 g/mol. The van der Waals surface area contributed by atoms with Gasteiger partial charge in [0.1, 0.15) is 5.82 Å². The Balaban J connectivity index is 1.88. The zero-order valence-electron chi connectivity index (χ0n) is 18.6. The van der Waals surface area contributed by atoms with Gasteiger partial charge in [0.15, 0.2) is 5.49 Å². The molecular weight excluding hydrogens is 415 g/mol. The van der Waals surface area contributed by atoms with E-state index < -0.39 is 17.8 Å². The molecule has 2 aromatic carbocycles. The summed E-state index contributed by atoms with van der Waals surface area (Å²) >= 11 is 0. The molecule has 32 heavy (non-hydrogen) atoms. The van der Waals surface area contributed by atoms with Gasteiger partial charge in [-0.1, -0.05) is 24.3 Å². The quantitative estimate of drug-likeness (QED) is 0.525. The Labute approximate surface area is 185 Å². The molecule has 3 aromatic rings. The summed E-state index contributed by atoms with van der Waals surface area (Å²) in [5.41, 5.74) is 3.94. The smallest absolute Gasteiger partial charge is 0.377 e. The standard InChI is InChI=1S/C25H26F3N3O/c1-15-20(6-5-7-22(15)25(26,27)28)16(2)29-24-21-14-19(18-10-12-32-13-11-18)8-9-23(21)31(4)17(3)30-24/h5-10,14,16H,11-13H2,1-4H3/b29-24-/t16-/m1/s1. The molecule has 0 aliphatic carbocycles. The molecule has 168 valence electrons. The number of hydrogen-bond acceptors (Lipinski definition) is 3. The van der Waals surface area contributed by atoms with Gasteiger partial charge >= 0.3 is 6.18 Å². The highest BCUT2D eigenvalue weighted by Crippen LogP contribution is 2.35. The Hall–Kier alpha value is -2.93. The number of nitrogens with zero attached hydrogens (tertiary/aromatic N) is 3. The summed E-state index contributed by atoms with van der Waals surface area (Å²) in [4.78, 5) is 9.48. The molecule has 0 spiro atoms. The summed E-state index contributed by atoms with van der Waals surface area (Å²) in [6, 6.07) is 9.98. The van der Waals surface area contributed by atoms with Gasteiger partial charge in [-0.3, -0.25) is 4.99 Å². The van der Waals surface area contributed by atoms with Gasteiger partial charge in [-0.15, -0.1) is 0 Å². The third kappa shape index (κ3) is 4.21. The minimum Gasteiger partial charge on any atom is -0.377 e. The minimum absolute atomic E-state index is 0.201. The third-order valence-electron chi connectivity index (χ3n) is 6.13. The summed E-state index contributed by atoms with van der Waals surface area (Å²) < 4.78 is 47.6. The first kappa shape index (κ1) is 22.3. The van der Waals surface area contributed by atoms with Crippen LogP contribution < -0.4 is 5.49 Å². The van der Waals surface area contributed by atoms with E-state index in [0.717, 1.165) is 34.8 Å². The second kappa shape index (κ2) is 8.54. The molecule has 1 aliphatic heterocycles. The van der Waals surface area contributed by atoms with Crippen LogP contribution in [0, 0.1) is 13.8 Å². The van der Waals surface area contributed by atoms with Crippen molar-refractivity contribution in [3.8, 4) is 0 Å². The maximum atomic E-state index is 13.4. The topological polar surface area (TPSA) is 39.4 Å². The summed E-state index contributed by atoms with van der Waals surface area (Å²) in [5.74, 6) is 0.780. The number of hydrogen-bond donors (Lipinski definition) is 0. The molecule has 2 heterocycles. The van der Waals surface area contributed by atoms with Crippen LogP contribution >= 0.6 is 0 Å². The monoisotopic (exact) mass is 441 g/mol. The maximum absolute atomic E-state index is 13.4. The minimum atomic E-state index is -4.39. The first-order chi connectivity index (χ1) is 15.2. The molecule has 4 nitrogen and oxygen atoms in total. The lowest BCUT2D eigenvalue weighted by Gasteiger charge is -2.17. The van der Waals surface area contributed by atoms with Crippen molar-refractivity contribution in [2.45, 2.75) is 39.4 Å². The molecule has 1 aliphatic rings. The van der Waals surface area contributed by atoms with Crippen molar-refractivity contribution in [1.29, 1.82) is 0 Å². The molecule has 0 amide bonds. The van der Waals surface area contributed by atoms with E-state index in [1.165, 1.54) is 18.6 Å². The maximum Gasteiger partial charge on any atom is 0.416 e. The largest absolute Gasteiger partial charge is 0.416 e. The third-order valence-corrected chi connectivity index (χ3v) is 6.13. The Morgan fingerprint density at radius 2 is 1.94 bits per heavy atom. The normalized spacial score (nSPS) is 16.3. The van der Waals surface area contributed by atoms with E-state index in [1.54, 1.807) is 6.07 Å². The van der Waals surface area contributed by atoms with Crippen LogP contribution in [0.2, 0.25) is 0 Å². The van der Waals surface area contributed by atoms with Crippen molar-refractivity contribution in [2.75, 3.05) is 13.2 Å². The lowest BCUT2D eigenvalue weighted by Crippen LogP contribution is -2.18. The zero-order valence-corrected chi connectivity index (χ0v) is 18.6. The van der Waals surface area contributed by atoms with Crippen molar-refractivity contribution >= 4 is 16.5 Å². The van der Waals surface area contributed by atoms with Crippen molar-refractivity contribution in [2.24, 2.45) is 12.0 Å². The fourth-order valence-electron chi connectivity index (χ4n) is 4.22. The zero-order chi connectivity index (χ0) is 23.0. The highest BCUT2D eigenvalue weighted by molar-refractivity contribution is 5.83. The molecule has 1 atom stereocenters. The van der Waals surface area contributed by atoms with Crippen molar-refractivity contribution in [3.05, 3.63) is 76.0 Å². The number of ether oxygens (including phenoxy) is 1. The van der Waals surface area contributed by atoms with Crippen molar-refractivity contribution < 1.29 is 17.9 Å². The van der Waals surface area contributed by atoms with E-state index in [-0.39, 0.29) is 5.56 Å². The number of halogens is 3. The van der Waals surface area contributed by atoms with Crippen LogP contribution in [0.25, 0.3) is 16.5 Å². The van der Waals surface area contributed by atoms with Gasteiger partial charge in [-0.05, 0) is 67.7 Å². The second-order valence-electron chi connectivity index (χ2n) is 8.15. The lowest BCUT2D eigenvalue weighted by atomic mass is 9.97. The lowest BCUT2D eigenvalue weighted by molar-refractivity contribution is -0.138. The fraction of sp³-hybridized carbons (Fsp3) is 0.360. The number of aromatic nitrogens is 2. The van der Waals surface area contributed by atoms with Crippen LogP contribution in [-0.4, -0.2) is 22.8 Å². The second-order valence-corrected chi connectivity index (χ2v) is 8.15. The summed E-state index contributed by atoms with van der Waals surface area (Å²) in [6.45, 7) is 6.49. The van der Waals surface area contributed by atoms with Crippen molar-refractivity contribution in [3.63, 3.8) is 0 Å². The Morgan fingerprint density at radius 3 is 2.62 bits per heavy atom. The summed E-state index contributed by atoms with van der Waals surface area (Å²) in [7, 11) is 1.95. The first-order valence-corrected chi connectivity index (χ1v) is 10.6. The summed E-state index contributed by atoms with van der Waals surface area (Å²) in [6.07, 6.45) is -1.48. The van der Waals surface area contributed by atoms with Gasteiger partial charge in [-0.2, -0.15) is 13.2 Å². The highest BCUT2D eigenvalue weighted by Gasteiger charge is 2.33. The van der Waals surface area contributed by atoms with Gasteiger partial charge in [0.05, 0.1) is 30.3 Å². The summed E-state index contributed by atoms with van der Waals surface area (Å²) in [5, 5.41) is 0.875. The van der Waals surface area contributed by atoms with Gasteiger partial charge in [-0.25, -0.2) is 4.98 Å². The SMILES string of the molecule is Cc1c([C@@H](C)/N=c2\nc(C)n(C)c3ccc(C4=CCOCC4)cc23)cccc1C(F)(F)F. The van der Waals surface area contributed by atoms with E-state index in [2.05, 4.69) is 29.3 Å². The van der Waals surface area contributed by atoms with Crippen LogP contribution in [0.1, 0.15) is 47.5 Å². The van der Waals surface area contributed by atoms with Gasteiger partial charge in [0.2, 0.25) is 0 Å². The molecule has 4 rings (SSSR count). The average Bonchev–Trinajstić information content (AvgIpc) is 2.77. The Morgan fingerprint density at radius 1 is 1.16 bits per heavy atom. The van der Waals surface area contributed by atoms with E-state index in [9.17, 15) is 13.2 Å². The van der Waals surface area contributed by atoms with Gasteiger partial charge < -0.3 is 9.30 Å². The molecule has 0 saturated heterocycles. The van der Waals surface area contributed by atoms with Crippen molar-refractivity contribution in [1.82, 2.24) is 9.55 Å². The van der Waals surface area contributed by atoms with E-state index >= 15 is 0 Å². The first-order valence-electron chi connectivity index (χ1n) is 10.6. The number of fused-ring (bicyclic) bond motifs is 1. The molecule has 0 unspecified atom stereocenters. The predicted molar refractivity (Wildman–Crippen MR) is 119 cm³/mol. The molecule has 0 N–H and O–H groups in total. The molecular formula is C25H26F3N3O. The molecule has 0 saturated carbocycles. The van der Waals surface area contributed by atoms with E-state index in [4.69, 9.17) is 9.73 Å². The highest BCUT2D eigenvalue weighted by atomic mass is 19.4. The van der Waals surface area contributed by atoms with Gasteiger partial charge in [0.25, 0.3) is 0 Å². The molecule has 0 bridgehead atoms. The van der Waals surface area contributed by atoms with E-state index in [1.807, 2.05) is 25.5 Å². The number of benzene rings is 2. The van der Waals surface area contributed by atoms with Crippen LogP contribution in [0.15, 0.2) is 47.5 Å². The van der Waals surface area contributed by atoms with Crippen LogP contribution in [0.3, 0.4) is 0 Å². The van der Waals surface area contributed by atoms with E-state index in [0.29, 0.717) is 24.3 Å². The molecule has 0 fully saturated rings. The number of rotatable bonds is 3. The van der Waals surface area contributed by atoms with Crippen LogP contribution in [0.4, 0.5) is 13.2 Å². The Bertz CT molecular complexity index is 1270. The van der Waals surface area contributed by atoms with Crippen LogP contribution in [-0.2, 0) is 18.0 Å².